The van der Waals surface area contributed by atoms with E-state index in [1.807, 2.05) is 6.92 Å². The van der Waals surface area contributed by atoms with Crippen LogP contribution in [-0.2, 0) is 21.8 Å². The molecule has 1 aromatic heterocycles. The van der Waals surface area contributed by atoms with E-state index in [-0.39, 0.29) is 10.6 Å². The zero-order valence-electron chi connectivity index (χ0n) is 15.6. The minimum atomic E-state index is -3.78. The van der Waals surface area contributed by atoms with Gasteiger partial charge in [-0.15, -0.1) is 0 Å². The molecule has 0 aliphatic carbocycles. The summed E-state index contributed by atoms with van der Waals surface area (Å²) >= 11 is 6.10. The Morgan fingerprint density at radius 3 is 2.52 bits per heavy atom. The first-order valence-electron chi connectivity index (χ1n) is 8.37. The van der Waals surface area contributed by atoms with Gasteiger partial charge in [0.05, 0.1) is 18.8 Å². The second-order valence-corrected chi connectivity index (χ2v) is 9.21. The van der Waals surface area contributed by atoms with E-state index >= 15 is 0 Å². The van der Waals surface area contributed by atoms with Crippen molar-refractivity contribution in [3.05, 3.63) is 46.2 Å². The highest BCUT2D eigenvalue weighted by atomic mass is 35.5. The zero-order valence-corrected chi connectivity index (χ0v) is 17.2. The number of ether oxygens (including phenoxy) is 1. The molecule has 0 bridgehead atoms. The van der Waals surface area contributed by atoms with Gasteiger partial charge < -0.3 is 14.6 Å². The van der Waals surface area contributed by atoms with Crippen LogP contribution in [0, 0.1) is 13.8 Å². The number of aryl methyl sites for hydroxylation is 2. The SMILES string of the molecule is Cc1ccc(NC(=O)c2c(C)c(S(=O)(=O)NC3(C)COC3)cn2C)cc1Cl. The molecule has 1 saturated heterocycles. The summed E-state index contributed by atoms with van der Waals surface area (Å²) in [5.74, 6) is -0.408. The molecular weight excluding hydrogens is 390 g/mol. The monoisotopic (exact) mass is 411 g/mol. The number of carbonyl (C=O) groups is 1. The van der Waals surface area contributed by atoms with E-state index in [2.05, 4.69) is 10.0 Å². The predicted molar refractivity (Wildman–Crippen MR) is 104 cm³/mol. The molecule has 1 amide bonds. The van der Waals surface area contributed by atoms with Gasteiger partial charge in [-0.25, -0.2) is 13.1 Å². The fraction of sp³-hybridized carbons (Fsp3) is 0.389. The number of sulfonamides is 1. The molecule has 27 heavy (non-hydrogen) atoms. The third-order valence-electron chi connectivity index (χ3n) is 4.54. The molecule has 1 aliphatic heterocycles. The van der Waals surface area contributed by atoms with E-state index in [0.717, 1.165) is 5.56 Å². The summed E-state index contributed by atoms with van der Waals surface area (Å²) in [5.41, 5.74) is 1.46. The highest BCUT2D eigenvalue weighted by molar-refractivity contribution is 7.89. The summed E-state index contributed by atoms with van der Waals surface area (Å²) in [6.07, 6.45) is 1.44. The van der Waals surface area contributed by atoms with Gasteiger partial charge in [0.1, 0.15) is 10.6 Å². The highest BCUT2D eigenvalue weighted by Gasteiger charge is 2.39. The first kappa shape index (κ1) is 19.9. The van der Waals surface area contributed by atoms with Crippen molar-refractivity contribution < 1.29 is 17.9 Å². The summed E-state index contributed by atoms with van der Waals surface area (Å²) in [6.45, 7) is 5.90. The van der Waals surface area contributed by atoms with Crippen LogP contribution in [0.5, 0.6) is 0 Å². The van der Waals surface area contributed by atoms with E-state index in [1.54, 1.807) is 39.1 Å². The first-order chi connectivity index (χ1) is 12.5. The highest BCUT2D eigenvalue weighted by Crippen LogP contribution is 2.26. The number of carbonyl (C=O) groups excluding carboxylic acids is 1. The summed E-state index contributed by atoms with van der Waals surface area (Å²) < 4.78 is 34.8. The number of benzene rings is 1. The van der Waals surface area contributed by atoms with Gasteiger partial charge in [-0.1, -0.05) is 17.7 Å². The molecule has 1 fully saturated rings. The molecule has 0 atom stereocenters. The Morgan fingerprint density at radius 1 is 1.30 bits per heavy atom. The van der Waals surface area contributed by atoms with Crippen molar-refractivity contribution in [2.45, 2.75) is 31.2 Å². The molecule has 1 aliphatic rings. The van der Waals surface area contributed by atoms with Crippen molar-refractivity contribution >= 4 is 33.2 Å². The largest absolute Gasteiger partial charge is 0.377 e. The third-order valence-corrected chi connectivity index (χ3v) is 6.70. The molecule has 0 radical (unpaired) electrons. The molecule has 3 rings (SSSR count). The lowest BCUT2D eigenvalue weighted by Gasteiger charge is -2.38. The zero-order chi connectivity index (χ0) is 20.0. The van der Waals surface area contributed by atoms with E-state index in [1.165, 1.54) is 10.8 Å². The van der Waals surface area contributed by atoms with E-state index in [9.17, 15) is 13.2 Å². The van der Waals surface area contributed by atoms with Crippen molar-refractivity contribution in [2.75, 3.05) is 18.5 Å². The van der Waals surface area contributed by atoms with Crippen LogP contribution in [0.3, 0.4) is 0 Å². The number of nitrogens with one attached hydrogen (secondary N) is 2. The maximum atomic E-state index is 12.8. The molecule has 0 spiro atoms. The number of rotatable bonds is 5. The molecular formula is C18H22ClN3O4S. The summed E-state index contributed by atoms with van der Waals surface area (Å²) in [7, 11) is -2.15. The van der Waals surface area contributed by atoms with Crippen LogP contribution in [-0.4, -0.2) is 37.6 Å². The van der Waals surface area contributed by atoms with Crippen molar-refractivity contribution in [1.82, 2.24) is 9.29 Å². The smallest absolute Gasteiger partial charge is 0.272 e. The molecule has 2 heterocycles. The number of hydrogen-bond acceptors (Lipinski definition) is 4. The van der Waals surface area contributed by atoms with Gasteiger partial charge in [0, 0.05) is 24.0 Å². The standard InChI is InChI=1S/C18H22ClN3O4S/c1-11-5-6-13(7-14(11)19)20-17(23)16-12(2)15(8-22(16)4)27(24,25)21-18(3)9-26-10-18/h5-8,21H,9-10H2,1-4H3,(H,20,23). The molecule has 146 valence electrons. The van der Waals surface area contributed by atoms with Crippen molar-refractivity contribution in [3.63, 3.8) is 0 Å². The normalized spacial score (nSPS) is 16.0. The predicted octanol–water partition coefficient (Wildman–Crippen LogP) is 2.61. The summed E-state index contributed by atoms with van der Waals surface area (Å²) in [6, 6.07) is 5.20. The second-order valence-electron chi connectivity index (χ2n) is 7.15. The Balaban J connectivity index is 1.88. The van der Waals surface area contributed by atoms with Crippen LogP contribution >= 0.6 is 11.6 Å². The van der Waals surface area contributed by atoms with Gasteiger partial charge in [-0.05, 0) is 44.0 Å². The Kier molecular flexibility index (Phi) is 5.11. The quantitative estimate of drug-likeness (QED) is 0.791. The van der Waals surface area contributed by atoms with E-state index in [4.69, 9.17) is 16.3 Å². The van der Waals surface area contributed by atoms with Crippen LogP contribution in [0.2, 0.25) is 5.02 Å². The molecule has 2 aromatic rings. The lowest BCUT2D eigenvalue weighted by atomic mass is 10.0. The van der Waals surface area contributed by atoms with Gasteiger partial charge in [-0.2, -0.15) is 0 Å². The third kappa shape index (κ3) is 3.89. The maximum absolute atomic E-state index is 12.8. The van der Waals surface area contributed by atoms with Gasteiger partial charge in [-0.3, -0.25) is 4.79 Å². The Bertz CT molecular complexity index is 1010. The molecule has 7 nitrogen and oxygen atoms in total. The van der Waals surface area contributed by atoms with Crippen molar-refractivity contribution in [3.8, 4) is 0 Å². The van der Waals surface area contributed by atoms with Crippen molar-refractivity contribution in [2.24, 2.45) is 7.05 Å². The molecule has 0 saturated carbocycles. The molecule has 2 N–H and O–H groups in total. The summed E-state index contributed by atoms with van der Waals surface area (Å²) in [5, 5.41) is 3.31. The lowest BCUT2D eigenvalue weighted by molar-refractivity contribution is -0.0523. The second kappa shape index (κ2) is 6.94. The van der Waals surface area contributed by atoms with E-state index < -0.39 is 21.5 Å². The van der Waals surface area contributed by atoms with Crippen LogP contribution in [0.25, 0.3) is 0 Å². The molecule has 9 heteroatoms. The Hall–Kier alpha value is -1.87. The van der Waals surface area contributed by atoms with Crippen LogP contribution in [0.1, 0.15) is 28.5 Å². The van der Waals surface area contributed by atoms with Crippen LogP contribution in [0.4, 0.5) is 5.69 Å². The number of hydrogen-bond donors (Lipinski definition) is 2. The topological polar surface area (TPSA) is 89.4 Å². The van der Waals surface area contributed by atoms with Gasteiger partial charge >= 0.3 is 0 Å². The van der Waals surface area contributed by atoms with Crippen LogP contribution < -0.4 is 10.0 Å². The van der Waals surface area contributed by atoms with Gasteiger partial charge in [0.25, 0.3) is 5.91 Å². The minimum Gasteiger partial charge on any atom is -0.377 e. The minimum absolute atomic E-state index is 0.0743. The Morgan fingerprint density at radius 2 is 1.96 bits per heavy atom. The average molecular weight is 412 g/mol. The average Bonchev–Trinajstić information content (AvgIpc) is 2.84. The first-order valence-corrected chi connectivity index (χ1v) is 10.2. The van der Waals surface area contributed by atoms with Crippen molar-refractivity contribution in [1.29, 1.82) is 0 Å². The Labute approximate surface area is 163 Å². The fourth-order valence-electron chi connectivity index (χ4n) is 3.03. The van der Waals surface area contributed by atoms with E-state index in [0.29, 0.717) is 29.5 Å². The van der Waals surface area contributed by atoms with Gasteiger partial charge in [0.2, 0.25) is 10.0 Å². The number of nitrogens with zero attached hydrogens (tertiary/aromatic N) is 1. The van der Waals surface area contributed by atoms with Crippen LogP contribution in [0.15, 0.2) is 29.3 Å². The number of amides is 1. The maximum Gasteiger partial charge on any atom is 0.272 e. The number of halogens is 1. The number of aromatic nitrogens is 1. The van der Waals surface area contributed by atoms with Gasteiger partial charge in [0.15, 0.2) is 0 Å². The lowest BCUT2D eigenvalue weighted by Crippen LogP contribution is -2.59. The summed E-state index contributed by atoms with van der Waals surface area (Å²) in [4.78, 5) is 12.8. The molecule has 1 aromatic carbocycles. The fourth-order valence-corrected chi connectivity index (χ4v) is 4.88. The number of anilines is 1. The molecule has 0 unspecified atom stereocenters.